The highest BCUT2D eigenvalue weighted by Gasteiger charge is 2.23. The number of nitrogens with one attached hydrogen (secondary N) is 1. The van der Waals surface area contributed by atoms with E-state index in [1.807, 2.05) is 13.0 Å². The van der Waals surface area contributed by atoms with Crippen molar-refractivity contribution >= 4 is 0 Å². The van der Waals surface area contributed by atoms with Crippen molar-refractivity contribution in [1.82, 2.24) is 20.4 Å². The zero-order valence-corrected chi connectivity index (χ0v) is 8.97. The second-order valence-corrected chi connectivity index (χ2v) is 3.90. The molecule has 0 radical (unpaired) electrons. The van der Waals surface area contributed by atoms with Crippen molar-refractivity contribution in [2.45, 2.75) is 19.4 Å². The minimum atomic E-state index is 0.318. The van der Waals surface area contributed by atoms with Gasteiger partial charge in [-0.2, -0.15) is 0 Å². The van der Waals surface area contributed by atoms with E-state index < -0.39 is 0 Å². The molecule has 1 saturated heterocycles. The van der Waals surface area contributed by atoms with E-state index in [4.69, 9.17) is 4.52 Å². The lowest BCUT2D eigenvalue weighted by molar-refractivity contribution is 0.282. The molecule has 1 N–H and O–H groups in total. The van der Waals surface area contributed by atoms with Crippen molar-refractivity contribution in [3.05, 3.63) is 29.9 Å². The molecule has 0 saturated carbocycles. The highest BCUT2D eigenvalue weighted by Crippen LogP contribution is 2.27. The van der Waals surface area contributed by atoms with Crippen LogP contribution in [0.5, 0.6) is 0 Å². The maximum absolute atomic E-state index is 5.30. The fourth-order valence-corrected chi connectivity index (χ4v) is 1.76. The summed E-state index contributed by atoms with van der Waals surface area (Å²) in [6.45, 7) is 2.96. The van der Waals surface area contributed by atoms with Crippen molar-refractivity contribution in [1.29, 1.82) is 0 Å². The highest BCUT2D eigenvalue weighted by atomic mass is 16.5. The largest absolute Gasteiger partial charge is 0.359 e. The molecule has 1 aliphatic heterocycles. The second-order valence-electron chi connectivity index (χ2n) is 3.90. The van der Waals surface area contributed by atoms with Gasteiger partial charge in [-0.1, -0.05) is 5.16 Å². The van der Waals surface area contributed by atoms with E-state index in [1.165, 1.54) is 0 Å². The van der Waals surface area contributed by atoms with Crippen molar-refractivity contribution in [2.75, 3.05) is 6.54 Å². The Morgan fingerprint density at radius 3 is 2.88 bits per heavy atom. The molecule has 0 amide bonds. The van der Waals surface area contributed by atoms with Crippen LogP contribution < -0.4 is 5.32 Å². The quantitative estimate of drug-likeness (QED) is 0.823. The molecule has 82 valence electrons. The molecule has 0 aliphatic carbocycles. The minimum absolute atomic E-state index is 0.318. The molecule has 1 atom stereocenters. The van der Waals surface area contributed by atoms with E-state index in [-0.39, 0.29) is 0 Å². The maximum Gasteiger partial charge on any atom is 0.154 e. The van der Waals surface area contributed by atoms with Crippen LogP contribution in [0.1, 0.15) is 23.9 Å². The van der Waals surface area contributed by atoms with Crippen LogP contribution in [-0.4, -0.2) is 21.7 Å². The summed E-state index contributed by atoms with van der Waals surface area (Å²) in [5.41, 5.74) is 2.41. The number of aryl methyl sites for hydroxylation is 1. The zero-order valence-electron chi connectivity index (χ0n) is 8.97. The van der Waals surface area contributed by atoms with Crippen LogP contribution in [-0.2, 0) is 0 Å². The van der Waals surface area contributed by atoms with Crippen LogP contribution in [0.2, 0.25) is 0 Å². The lowest BCUT2D eigenvalue weighted by Gasteiger charge is -2.24. The van der Waals surface area contributed by atoms with Gasteiger partial charge < -0.3 is 9.84 Å². The average molecular weight is 216 g/mol. The van der Waals surface area contributed by atoms with E-state index in [0.29, 0.717) is 6.04 Å². The van der Waals surface area contributed by atoms with Crippen LogP contribution in [0.15, 0.2) is 23.0 Å². The van der Waals surface area contributed by atoms with Gasteiger partial charge in [-0.05, 0) is 19.9 Å². The average Bonchev–Trinajstić information content (AvgIpc) is 2.65. The Labute approximate surface area is 92.9 Å². The summed E-state index contributed by atoms with van der Waals surface area (Å²) in [5.74, 6) is 0.881. The molecule has 16 heavy (non-hydrogen) atoms. The molecule has 3 heterocycles. The molecular weight excluding hydrogens is 204 g/mol. The van der Waals surface area contributed by atoms with Gasteiger partial charge in [-0.25, -0.2) is 0 Å². The fraction of sp³-hybridized carbons (Fsp3) is 0.364. The molecular formula is C11H12N4O. The molecule has 0 unspecified atom stereocenters. The number of aromatic nitrogens is 3. The third-order valence-electron chi connectivity index (χ3n) is 2.82. The normalized spacial score (nSPS) is 19.4. The summed E-state index contributed by atoms with van der Waals surface area (Å²) in [6, 6.07) is 2.26. The van der Waals surface area contributed by atoms with Crippen molar-refractivity contribution < 1.29 is 4.52 Å². The van der Waals surface area contributed by atoms with E-state index in [9.17, 15) is 0 Å². The van der Waals surface area contributed by atoms with E-state index in [0.717, 1.165) is 35.8 Å². The second kappa shape index (κ2) is 3.68. The van der Waals surface area contributed by atoms with E-state index >= 15 is 0 Å². The van der Waals surface area contributed by atoms with Gasteiger partial charge in [0, 0.05) is 18.5 Å². The van der Waals surface area contributed by atoms with Gasteiger partial charge in [0.1, 0.15) is 11.4 Å². The molecule has 0 aromatic carbocycles. The molecule has 0 bridgehead atoms. The predicted octanol–water partition coefficient (Wildman–Crippen LogP) is 1.47. The number of nitrogens with zero attached hydrogens (tertiary/aromatic N) is 3. The topological polar surface area (TPSA) is 63.8 Å². The number of hydrogen-bond acceptors (Lipinski definition) is 5. The van der Waals surface area contributed by atoms with Gasteiger partial charge in [0.15, 0.2) is 5.76 Å². The first-order valence-corrected chi connectivity index (χ1v) is 5.32. The molecule has 0 spiro atoms. The molecule has 5 heteroatoms. The summed E-state index contributed by atoms with van der Waals surface area (Å²) in [6.07, 6.45) is 4.44. The SMILES string of the molecule is Cc1nccnc1-c1cc([C@@H]2CCN2)on1. The van der Waals surface area contributed by atoms with Gasteiger partial charge in [-0.15, -0.1) is 0 Å². The number of hydrogen-bond donors (Lipinski definition) is 1. The van der Waals surface area contributed by atoms with Crippen LogP contribution in [0.4, 0.5) is 0 Å². The van der Waals surface area contributed by atoms with Gasteiger partial charge >= 0.3 is 0 Å². The van der Waals surface area contributed by atoms with Crippen LogP contribution >= 0.6 is 0 Å². The smallest absolute Gasteiger partial charge is 0.154 e. The first-order chi connectivity index (χ1) is 7.84. The van der Waals surface area contributed by atoms with Crippen molar-refractivity contribution in [3.8, 4) is 11.4 Å². The van der Waals surface area contributed by atoms with Gasteiger partial charge in [0.05, 0.1) is 11.7 Å². The fourth-order valence-electron chi connectivity index (χ4n) is 1.76. The van der Waals surface area contributed by atoms with Gasteiger partial charge in [0.2, 0.25) is 0 Å². The third-order valence-corrected chi connectivity index (χ3v) is 2.82. The van der Waals surface area contributed by atoms with E-state index in [1.54, 1.807) is 12.4 Å². The molecule has 3 rings (SSSR count). The molecule has 2 aromatic rings. The monoisotopic (exact) mass is 216 g/mol. The Morgan fingerprint density at radius 2 is 2.19 bits per heavy atom. The van der Waals surface area contributed by atoms with E-state index in [2.05, 4.69) is 20.4 Å². The van der Waals surface area contributed by atoms with Crippen LogP contribution in [0, 0.1) is 6.92 Å². The maximum atomic E-state index is 5.30. The first kappa shape index (κ1) is 9.47. The van der Waals surface area contributed by atoms with Gasteiger partial charge in [-0.3, -0.25) is 9.97 Å². The first-order valence-electron chi connectivity index (χ1n) is 5.32. The summed E-state index contributed by atoms with van der Waals surface area (Å²) < 4.78 is 5.30. The third kappa shape index (κ3) is 1.49. The lowest BCUT2D eigenvalue weighted by Crippen LogP contribution is -2.34. The Morgan fingerprint density at radius 1 is 1.38 bits per heavy atom. The van der Waals surface area contributed by atoms with Crippen molar-refractivity contribution in [2.24, 2.45) is 0 Å². The van der Waals surface area contributed by atoms with Crippen LogP contribution in [0.25, 0.3) is 11.4 Å². The summed E-state index contributed by atoms with van der Waals surface area (Å²) in [7, 11) is 0. The Bertz CT molecular complexity index is 504. The Kier molecular flexibility index (Phi) is 2.18. The van der Waals surface area contributed by atoms with Crippen LogP contribution in [0.3, 0.4) is 0 Å². The zero-order chi connectivity index (χ0) is 11.0. The molecule has 1 fully saturated rings. The predicted molar refractivity (Wildman–Crippen MR) is 57.6 cm³/mol. The Balaban J connectivity index is 1.95. The standard InChI is InChI=1S/C11H12N4O/c1-7-11(14-5-4-12-7)9-6-10(16-15-9)8-2-3-13-8/h4-6,8,13H,2-3H2,1H3/t8-/m0/s1. The molecule has 1 aliphatic rings. The summed E-state index contributed by atoms with van der Waals surface area (Å²) in [4.78, 5) is 8.44. The molecule has 5 nitrogen and oxygen atoms in total. The minimum Gasteiger partial charge on any atom is -0.359 e. The lowest BCUT2D eigenvalue weighted by atomic mass is 10.0. The number of rotatable bonds is 2. The summed E-state index contributed by atoms with van der Waals surface area (Å²) >= 11 is 0. The Hall–Kier alpha value is -1.75. The van der Waals surface area contributed by atoms with Gasteiger partial charge in [0.25, 0.3) is 0 Å². The van der Waals surface area contributed by atoms with Crippen molar-refractivity contribution in [3.63, 3.8) is 0 Å². The highest BCUT2D eigenvalue weighted by molar-refractivity contribution is 5.56. The summed E-state index contributed by atoms with van der Waals surface area (Å²) in [5, 5.41) is 7.30. The molecule has 2 aromatic heterocycles.